The van der Waals surface area contributed by atoms with Crippen molar-refractivity contribution in [2.24, 2.45) is 0 Å². The second-order valence-corrected chi connectivity index (χ2v) is 5.41. The molecule has 0 unspecified atom stereocenters. The van der Waals surface area contributed by atoms with Gasteiger partial charge in [0.1, 0.15) is 11.5 Å². The SMILES string of the molecule is COc1ccc([C@H](OC)[C@H](C)NCc2ccccc2OC)cc1. The van der Waals surface area contributed by atoms with Gasteiger partial charge in [0.25, 0.3) is 0 Å². The van der Waals surface area contributed by atoms with Gasteiger partial charge >= 0.3 is 0 Å². The van der Waals surface area contributed by atoms with Gasteiger partial charge in [0.15, 0.2) is 0 Å². The molecule has 0 saturated carbocycles. The molecule has 0 aromatic heterocycles. The molecule has 0 aliphatic rings. The summed E-state index contributed by atoms with van der Waals surface area (Å²) in [4.78, 5) is 0. The third-order valence-corrected chi connectivity index (χ3v) is 3.96. The maximum atomic E-state index is 5.68. The quantitative estimate of drug-likeness (QED) is 0.808. The Hall–Kier alpha value is -2.04. The molecule has 0 aliphatic heterocycles. The third kappa shape index (κ3) is 4.47. The molecule has 2 rings (SSSR count). The fourth-order valence-corrected chi connectivity index (χ4v) is 2.65. The standard InChI is InChI=1S/C19H25NO3/c1-14(20-13-16-7-5-6-8-18(16)22-3)19(23-4)15-9-11-17(21-2)12-10-15/h5-12,14,19-20H,13H2,1-4H3/t14-,19+/m0/s1. The van der Waals surface area contributed by atoms with Crippen LogP contribution in [0, 0.1) is 0 Å². The third-order valence-electron chi connectivity index (χ3n) is 3.96. The molecule has 0 bridgehead atoms. The highest BCUT2D eigenvalue weighted by Crippen LogP contribution is 2.24. The predicted octanol–water partition coefficient (Wildman–Crippen LogP) is 3.57. The topological polar surface area (TPSA) is 39.7 Å². The van der Waals surface area contributed by atoms with Crippen molar-refractivity contribution in [3.05, 3.63) is 59.7 Å². The fourth-order valence-electron chi connectivity index (χ4n) is 2.65. The Morgan fingerprint density at radius 2 is 1.61 bits per heavy atom. The van der Waals surface area contributed by atoms with Gasteiger partial charge in [0, 0.05) is 25.3 Å². The first-order chi connectivity index (χ1) is 11.2. The van der Waals surface area contributed by atoms with E-state index < -0.39 is 0 Å². The van der Waals surface area contributed by atoms with Crippen molar-refractivity contribution >= 4 is 0 Å². The summed E-state index contributed by atoms with van der Waals surface area (Å²) in [7, 11) is 5.09. The Labute approximate surface area is 138 Å². The van der Waals surface area contributed by atoms with Crippen LogP contribution in [0.3, 0.4) is 0 Å². The summed E-state index contributed by atoms with van der Waals surface area (Å²) in [6.45, 7) is 2.84. The van der Waals surface area contributed by atoms with E-state index in [1.807, 2.05) is 42.5 Å². The minimum absolute atomic E-state index is 0.0318. The molecule has 23 heavy (non-hydrogen) atoms. The smallest absolute Gasteiger partial charge is 0.123 e. The zero-order chi connectivity index (χ0) is 16.7. The lowest BCUT2D eigenvalue weighted by molar-refractivity contribution is 0.0728. The van der Waals surface area contributed by atoms with Gasteiger partial charge in [-0.1, -0.05) is 30.3 Å². The highest BCUT2D eigenvalue weighted by atomic mass is 16.5. The van der Waals surface area contributed by atoms with Crippen molar-refractivity contribution in [3.63, 3.8) is 0 Å². The minimum atomic E-state index is -0.0318. The number of para-hydroxylation sites is 1. The highest BCUT2D eigenvalue weighted by Gasteiger charge is 2.19. The van der Waals surface area contributed by atoms with Crippen molar-refractivity contribution < 1.29 is 14.2 Å². The lowest BCUT2D eigenvalue weighted by Crippen LogP contribution is -2.32. The summed E-state index contributed by atoms with van der Waals surface area (Å²) in [5, 5.41) is 3.52. The summed E-state index contributed by atoms with van der Waals surface area (Å²) in [5.41, 5.74) is 2.25. The molecule has 0 fully saturated rings. The number of nitrogens with one attached hydrogen (secondary N) is 1. The zero-order valence-electron chi connectivity index (χ0n) is 14.2. The van der Waals surface area contributed by atoms with Crippen LogP contribution in [-0.4, -0.2) is 27.4 Å². The van der Waals surface area contributed by atoms with Crippen LogP contribution in [0.5, 0.6) is 11.5 Å². The van der Waals surface area contributed by atoms with E-state index in [9.17, 15) is 0 Å². The van der Waals surface area contributed by atoms with Crippen molar-refractivity contribution in [2.75, 3.05) is 21.3 Å². The van der Waals surface area contributed by atoms with Crippen molar-refractivity contribution in [2.45, 2.75) is 25.6 Å². The normalized spacial score (nSPS) is 13.4. The fraction of sp³-hybridized carbons (Fsp3) is 0.368. The number of rotatable bonds is 8. The van der Waals surface area contributed by atoms with E-state index in [1.165, 1.54) is 0 Å². The molecule has 1 N–H and O–H groups in total. The summed E-state index contributed by atoms with van der Waals surface area (Å²) in [6, 6.07) is 16.2. The first-order valence-electron chi connectivity index (χ1n) is 7.71. The molecule has 0 amide bonds. The Balaban J connectivity index is 2.03. The number of methoxy groups -OCH3 is 3. The number of benzene rings is 2. The van der Waals surface area contributed by atoms with Gasteiger partial charge in [0.2, 0.25) is 0 Å². The van der Waals surface area contributed by atoms with E-state index in [-0.39, 0.29) is 12.1 Å². The molecular weight excluding hydrogens is 290 g/mol. The van der Waals surface area contributed by atoms with E-state index in [0.717, 1.165) is 29.2 Å². The van der Waals surface area contributed by atoms with E-state index in [0.29, 0.717) is 0 Å². The molecule has 0 heterocycles. The van der Waals surface area contributed by atoms with Crippen LogP contribution in [0.25, 0.3) is 0 Å². The summed E-state index contributed by atoms with van der Waals surface area (Å²) in [5.74, 6) is 1.74. The predicted molar refractivity (Wildman–Crippen MR) is 92.0 cm³/mol. The zero-order valence-corrected chi connectivity index (χ0v) is 14.2. The van der Waals surface area contributed by atoms with E-state index in [4.69, 9.17) is 14.2 Å². The van der Waals surface area contributed by atoms with Crippen molar-refractivity contribution in [3.8, 4) is 11.5 Å². The Bertz CT molecular complexity index is 598. The number of ether oxygens (including phenoxy) is 3. The molecule has 4 nitrogen and oxygen atoms in total. The first kappa shape index (κ1) is 17.3. The van der Waals surface area contributed by atoms with Crippen LogP contribution in [-0.2, 0) is 11.3 Å². The molecule has 124 valence electrons. The second-order valence-electron chi connectivity index (χ2n) is 5.41. The van der Waals surface area contributed by atoms with Gasteiger partial charge in [-0.3, -0.25) is 0 Å². The summed E-state index contributed by atoms with van der Waals surface area (Å²) >= 11 is 0. The van der Waals surface area contributed by atoms with Crippen LogP contribution >= 0.6 is 0 Å². The van der Waals surface area contributed by atoms with Crippen LogP contribution in [0.1, 0.15) is 24.2 Å². The van der Waals surface area contributed by atoms with Crippen molar-refractivity contribution in [1.29, 1.82) is 0 Å². The molecule has 0 saturated heterocycles. The Kier molecular flexibility index (Phi) is 6.44. The lowest BCUT2D eigenvalue weighted by atomic mass is 10.0. The molecule has 4 heteroatoms. The van der Waals surface area contributed by atoms with E-state index in [1.54, 1.807) is 21.3 Å². The van der Waals surface area contributed by atoms with Gasteiger partial charge in [0.05, 0.1) is 20.3 Å². The second kappa shape index (κ2) is 8.56. The molecule has 0 radical (unpaired) electrons. The van der Waals surface area contributed by atoms with Gasteiger partial charge in [-0.05, 0) is 30.7 Å². The summed E-state index contributed by atoms with van der Waals surface area (Å²) < 4.78 is 16.3. The van der Waals surface area contributed by atoms with Crippen LogP contribution < -0.4 is 14.8 Å². The number of hydrogen-bond acceptors (Lipinski definition) is 4. The number of hydrogen-bond donors (Lipinski definition) is 1. The first-order valence-corrected chi connectivity index (χ1v) is 7.71. The summed E-state index contributed by atoms with van der Waals surface area (Å²) in [6.07, 6.45) is -0.0318. The highest BCUT2D eigenvalue weighted by molar-refractivity contribution is 5.33. The maximum Gasteiger partial charge on any atom is 0.123 e. The van der Waals surface area contributed by atoms with E-state index >= 15 is 0 Å². The largest absolute Gasteiger partial charge is 0.497 e. The Morgan fingerprint density at radius 3 is 2.22 bits per heavy atom. The molecule has 2 aromatic carbocycles. The monoisotopic (exact) mass is 315 g/mol. The Morgan fingerprint density at radius 1 is 0.913 bits per heavy atom. The van der Waals surface area contributed by atoms with Crippen LogP contribution in [0.2, 0.25) is 0 Å². The van der Waals surface area contributed by atoms with E-state index in [2.05, 4.69) is 18.3 Å². The van der Waals surface area contributed by atoms with Crippen LogP contribution in [0.15, 0.2) is 48.5 Å². The van der Waals surface area contributed by atoms with Crippen molar-refractivity contribution in [1.82, 2.24) is 5.32 Å². The minimum Gasteiger partial charge on any atom is -0.497 e. The molecule has 2 atom stereocenters. The maximum absolute atomic E-state index is 5.68. The lowest BCUT2D eigenvalue weighted by Gasteiger charge is -2.25. The molecule has 0 spiro atoms. The van der Waals surface area contributed by atoms with Gasteiger partial charge < -0.3 is 19.5 Å². The molecule has 2 aromatic rings. The van der Waals surface area contributed by atoms with Crippen LogP contribution in [0.4, 0.5) is 0 Å². The average molecular weight is 315 g/mol. The molecular formula is C19H25NO3. The van der Waals surface area contributed by atoms with Gasteiger partial charge in [-0.25, -0.2) is 0 Å². The van der Waals surface area contributed by atoms with Gasteiger partial charge in [-0.2, -0.15) is 0 Å². The van der Waals surface area contributed by atoms with Gasteiger partial charge in [-0.15, -0.1) is 0 Å². The average Bonchev–Trinajstić information content (AvgIpc) is 2.61. The molecule has 0 aliphatic carbocycles.